The highest BCUT2D eigenvalue weighted by atomic mass is 79.9. The zero-order valence-corrected chi connectivity index (χ0v) is 12.6. The lowest BCUT2D eigenvalue weighted by Crippen LogP contribution is -2.10. The van der Waals surface area contributed by atoms with Crippen LogP contribution in [0.3, 0.4) is 0 Å². The van der Waals surface area contributed by atoms with E-state index in [9.17, 15) is 0 Å². The fourth-order valence-electron chi connectivity index (χ4n) is 1.84. The summed E-state index contributed by atoms with van der Waals surface area (Å²) in [6.45, 7) is 2.06. The molecule has 3 rings (SSSR count). The number of nitrogens with zero attached hydrogens (tertiary/aromatic N) is 4. The van der Waals surface area contributed by atoms with Gasteiger partial charge >= 0.3 is 0 Å². The highest BCUT2D eigenvalue weighted by Gasteiger charge is 2.20. The first-order valence-corrected chi connectivity index (χ1v) is 7.52. The van der Waals surface area contributed by atoms with Crippen molar-refractivity contribution >= 4 is 27.3 Å². The van der Waals surface area contributed by atoms with Crippen LogP contribution < -0.4 is 0 Å². The summed E-state index contributed by atoms with van der Waals surface area (Å²) in [7, 11) is 0. The van der Waals surface area contributed by atoms with Gasteiger partial charge in [0.2, 0.25) is 5.82 Å². The molecule has 19 heavy (non-hydrogen) atoms. The van der Waals surface area contributed by atoms with Crippen LogP contribution in [0.2, 0.25) is 0 Å². The predicted octanol–water partition coefficient (Wildman–Crippen LogP) is 3.76. The Bertz CT molecular complexity index is 661. The molecule has 0 aliphatic carbocycles. The molecule has 3 aromatic heterocycles. The van der Waals surface area contributed by atoms with E-state index in [0.29, 0.717) is 11.7 Å². The molecule has 1 unspecified atom stereocenters. The average molecular weight is 339 g/mol. The lowest BCUT2D eigenvalue weighted by molar-refractivity contribution is 0.321. The molecule has 1 atom stereocenters. The molecule has 0 bridgehead atoms. The van der Waals surface area contributed by atoms with Gasteiger partial charge in [0.25, 0.3) is 5.89 Å². The Balaban J connectivity index is 1.92. The molecular formula is C12H11BrN4OS. The van der Waals surface area contributed by atoms with Crippen molar-refractivity contribution in [1.82, 2.24) is 19.9 Å². The first-order chi connectivity index (χ1) is 9.28. The fourth-order valence-corrected chi connectivity index (χ4v) is 2.79. The second-order valence-corrected chi connectivity index (χ2v) is 5.86. The Labute approximate surface area is 122 Å². The zero-order chi connectivity index (χ0) is 13.2. The summed E-state index contributed by atoms with van der Waals surface area (Å²) in [6, 6.07) is 3.91. The number of hydrogen-bond acceptors (Lipinski definition) is 5. The van der Waals surface area contributed by atoms with Gasteiger partial charge in [0.05, 0.1) is 15.5 Å². The smallest absolute Gasteiger partial charge is 0.251 e. The van der Waals surface area contributed by atoms with Gasteiger partial charge in [0.1, 0.15) is 6.04 Å². The average Bonchev–Trinajstić information content (AvgIpc) is 3.10. The van der Waals surface area contributed by atoms with E-state index in [0.717, 1.165) is 15.8 Å². The van der Waals surface area contributed by atoms with Gasteiger partial charge in [-0.25, -0.2) is 0 Å². The second-order valence-electron chi connectivity index (χ2n) is 4.00. The first kappa shape index (κ1) is 12.6. The molecule has 0 amide bonds. The molecule has 0 spiro atoms. The van der Waals surface area contributed by atoms with Gasteiger partial charge in [-0.05, 0) is 33.8 Å². The van der Waals surface area contributed by atoms with E-state index in [1.54, 1.807) is 17.5 Å². The van der Waals surface area contributed by atoms with Gasteiger partial charge in [-0.1, -0.05) is 18.1 Å². The lowest BCUT2D eigenvalue weighted by atomic mass is 10.2. The third kappa shape index (κ3) is 2.48. The lowest BCUT2D eigenvalue weighted by Gasteiger charge is -2.09. The number of hydrogen-bond donors (Lipinski definition) is 0. The third-order valence-electron chi connectivity index (χ3n) is 2.74. The van der Waals surface area contributed by atoms with Gasteiger partial charge in [-0.3, -0.25) is 4.68 Å². The molecular weight excluding hydrogens is 328 g/mol. The molecule has 5 nitrogen and oxygen atoms in total. The van der Waals surface area contributed by atoms with Crippen molar-refractivity contribution in [2.45, 2.75) is 19.4 Å². The van der Waals surface area contributed by atoms with Crippen LogP contribution in [-0.4, -0.2) is 19.9 Å². The molecule has 0 radical (unpaired) electrons. The van der Waals surface area contributed by atoms with Crippen LogP contribution in [-0.2, 0) is 0 Å². The van der Waals surface area contributed by atoms with Crippen molar-refractivity contribution in [3.8, 4) is 10.7 Å². The fraction of sp³-hybridized carbons (Fsp3) is 0.250. The van der Waals surface area contributed by atoms with Crippen LogP contribution in [0.15, 0.2) is 38.9 Å². The SMILES string of the molecule is CCC(c1nc(-c2cccs2)no1)n1cc(Br)cn1. The summed E-state index contributed by atoms with van der Waals surface area (Å²) in [5.41, 5.74) is 0. The molecule has 98 valence electrons. The minimum absolute atomic E-state index is 0.0347. The van der Waals surface area contributed by atoms with Crippen LogP contribution in [0.1, 0.15) is 25.3 Å². The quantitative estimate of drug-likeness (QED) is 0.726. The molecule has 0 aliphatic rings. The first-order valence-electron chi connectivity index (χ1n) is 5.85. The standard InChI is InChI=1S/C12H11BrN4OS/c1-2-9(17-7-8(13)6-14-17)12-15-11(16-18-12)10-4-3-5-19-10/h3-7,9H,2H2,1H3. The number of halogens is 1. The minimum Gasteiger partial charge on any atom is -0.337 e. The van der Waals surface area contributed by atoms with Crippen LogP contribution in [0.5, 0.6) is 0 Å². The molecule has 0 saturated heterocycles. The molecule has 0 aromatic carbocycles. The summed E-state index contributed by atoms with van der Waals surface area (Å²) in [5, 5.41) is 10.3. The van der Waals surface area contributed by atoms with E-state index in [4.69, 9.17) is 4.52 Å². The van der Waals surface area contributed by atoms with Crippen LogP contribution in [0.25, 0.3) is 10.7 Å². The van der Waals surface area contributed by atoms with E-state index < -0.39 is 0 Å². The van der Waals surface area contributed by atoms with Crippen LogP contribution >= 0.6 is 27.3 Å². The van der Waals surface area contributed by atoms with Gasteiger partial charge in [0.15, 0.2) is 0 Å². The Kier molecular flexibility index (Phi) is 3.48. The number of thiophene rings is 1. The van der Waals surface area contributed by atoms with E-state index in [1.165, 1.54) is 0 Å². The molecule has 0 fully saturated rings. The normalized spacial score (nSPS) is 12.7. The highest BCUT2D eigenvalue weighted by Crippen LogP contribution is 2.26. The maximum Gasteiger partial charge on any atom is 0.251 e. The molecule has 3 aromatic rings. The monoisotopic (exact) mass is 338 g/mol. The topological polar surface area (TPSA) is 56.7 Å². The van der Waals surface area contributed by atoms with Crippen molar-refractivity contribution in [2.24, 2.45) is 0 Å². The minimum atomic E-state index is -0.0347. The van der Waals surface area contributed by atoms with E-state index in [2.05, 4.69) is 38.1 Å². The number of aromatic nitrogens is 4. The summed E-state index contributed by atoms with van der Waals surface area (Å²) in [6.07, 6.45) is 4.49. The van der Waals surface area contributed by atoms with Crippen LogP contribution in [0.4, 0.5) is 0 Å². The molecule has 7 heteroatoms. The Morgan fingerprint density at radius 2 is 2.42 bits per heavy atom. The Morgan fingerprint density at radius 3 is 3.05 bits per heavy atom. The van der Waals surface area contributed by atoms with Crippen molar-refractivity contribution in [3.05, 3.63) is 40.3 Å². The summed E-state index contributed by atoms with van der Waals surface area (Å²) >= 11 is 4.98. The number of rotatable bonds is 4. The van der Waals surface area contributed by atoms with E-state index in [1.807, 2.05) is 28.4 Å². The van der Waals surface area contributed by atoms with E-state index in [-0.39, 0.29) is 6.04 Å². The third-order valence-corrected chi connectivity index (χ3v) is 4.02. The van der Waals surface area contributed by atoms with E-state index >= 15 is 0 Å². The molecule has 0 aliphatic heterocycles. The maximum absolute atomic E-state index is 5.37. The van der Waals surface area contributed by atoms with Crippen molar-refractivity contribution in [3.63, 3.8) is 0 Å². The van der Waals surface area contributed by atoms with Gasteiger partial charge in [-0.15, -0.1) is 11.3 Å². The maximum atomic E-state index is 5.37. The zero-order valence-electron chi connectivity index (χ0n) is 10.2. The second kappa shape index (κ2) is 5.26. The van der Waals surface area contributed by atoms with Crippen molar-refractivity contribution in [2.75, 3.05) is 0 Å². The van der Waals surface area contributed by atoms with Gasteiger partial charge in [-0.2, -0.15) is 10.1 Å². The largest absolute Gasteiger partial charge is 0.337 e. The highest BCUT2D eigenvalue weighted by molar-refractivity contribution is 9.10. The Morgan fingerprint density at radius 1 is 1.53 bits per heavy atom. The summed E-state index contributed by atoms with van der Waals surface area (Å²) < 4.78 is 8.14. The predicted molar refractivity (Wildman–Crippen MR) is 76.0 cm³/mol. The molecule has 0 N–H and O–H groups in total. The Hall–Kier alpha value is -1.47. The summed E-state index contributed by atoms with van der Waals surface area (Å²) in [5.74, 6) is 1.22. The van der Waals surface area contributed by atoms with Crippen molar-refractivity contribution in [1.29, 1.82) is 0 Å². The van der Waals surface area contributed by atoms with Crippen molar-refractivity contribution < 1.29 is 4.52 Å². The summed E-state index contributed by atoms with van der Waals surface area (Å²) in [4.78, 5) is 5.47. The molecule has 3 heterocycles. The molecule has 0 saturated carbocycles. The van der Waals surface area contributed by atoms with Gasteiger partial charge in [0, 0.05) is 6.20 Å². The van der Waals surface area contributed by atoms with Gasteiger partial charge < -0.3 is 4.52 Å². The van der Waals surface area contributed by atoms with Crippen LogP contribution in [0, 0.1) is 0 Å².